The van der Waals surface area contributed by atoms with Gasteiger partial charge in [0.2, 0.25) is 0 Å². The normalized spacial score (nSPS) is 14.5. The number of aliphatic imine (C=N–C) groups is 1. The first-order chi connectivity index (χ1) is 12.6. The van der Waals surface area contributed by atoms with E-state index in [1.54, 1.807) is 25.1 Å². The molecule has 1 aliphatic heterocycles. The van der Waals surface area contributed by atoms with Crippen LogP contribution in [0.1, 0.15) is 13.3 Å². The Morgan fingerprint density at radius 1 is 1.22 bits per heavy atom. The van der Waals surface area contributed by atoms with Crippen molar-refractivity contribution in [3.05, 3.63) is 48.3 Å². The van der Waals surface area contributed by atoms with Gasteiger partial charge in [0.25, 0.3) is 0 Å². The van der Waals surface area contributed by atoms with Crippen molar-refractivity contribution >= 4 is 35.6 Å². The Morgan fingerprint density at radius 3 is 2.74 bits per heavy atom. The molecule has 0 fully saturated rings. The number of halogens is 2. The zero-order valence-electron chi connectivity index (χ0n) is 15.0. The molecule has 0 amide bonds. The number of nitrogens with zero attached hydrogens (tertiary/aromatic N) is 1. The van der Waals surface area contributed by atoms with Gasteiger partial charge >= 0.3 is 0 Å². The van der Waals surface area contributed by atoms with Crippen LogP contribution in [-0.2, 0) is 0 Å². The smallest absolute Gasteiger partial charge is 0.193 e. The largest absolute Gasteiger partial charge is 0.490 e. The summed E-state index contributed by atoms with van der Waals surface area (Å²) in [6.45, 7) is 3.35. The monoisotopic (exact) mass is 487 g/mol. The number of rotatable bonds is 5. The lowest BCUT2D eigenvalue weighted by molar-refractivity contribution is 0.220. The molecule has 0 radical (unpaired) electrons. The topological polar surface area (TPSA) is 78.1 Å². The standard InChI is InChI=1S/C19H22FN3O3.HI/c1-13(26-16-6-3-2-5-15(16)20)12-22-19(21)23-14-7-8-17-18(11-14)25-10-4-9-24-17;/h2-3,5-8,11,13H,4,9-10,12H2,1H3,(H3,21,22,23);1H. The van der Waals surface area contributed by atoms with E-state index in [1.165, 1.54) is 6.07 Å². The zero-order chi connectivity index (χ0) is 18.4. The number of benzene rings is 2. The molecule has 146 valence electrons. The zero-order valence-corrected chi connectivity index (χ0v) is 17.3. The van der Waals surface area contributed by atoms with Crippen LogP contribution in [0.3, 0.4) is 0 Å². The lowest BCUT2D eigenvalue weighted by atomic mass is 10.3. The molecule has 27 heavy (non-hydrogen) atoms. The third-order valence-corrected chi connectivity index (χ3v) is 3.70. The van der Waals surface area contributed by atoms with E-state index in [1.807, 2.05) is 18.2 Å². The van der Waals surface area contributed by atoms with E-state index in [0.29, 0.717) is 19.0 Å². The maximum absolute atomic E-state index is 13.6. The molecule has 0 bridgehead atoms. The van der Waals surface area contributed by atoms with Crippen molar-refractivity contribution < 1.29 is 18.6 Å². The number of anilines is 1. The minimum Gasteiger partial charge on any atom is -0.490 e. The van der Waals surface area contributed by atoms with Crippen molar-refractivity contribution in [3.63, 3.8) is 0 Å². The van der Waals surface area contributed by atoms with Crippen LogP contribution in [0.2, 0.25) is 0 Å². The summed E-state index contributed by atoms with van der Waals surface area (Å²) in [5.41, 5.74) is 6.67. The quantitative estimate of drug-likeness (QED) is 0.381. The number of guanidine groups is 1. The maximum Gasteiger partial charge on any atom is 0.193 e. The highest BCUT2D eigenvalue weighted by molar-refractivity contribution is 14.0. The van der Waals surface area contributed by atoms with E-state index < -0.39 is 5.82 Å². The van der Waals surface area contributed by atoms with Gasteiger partial charge in [-0.2, -0.15) is 0 Å². The fraction of sp³-hybridized carbons (Fsp3) is 0.316. The van der Waals surface area contributed by atoms with E-state index in [-0.39, 0.29) is 48.3 Å². The van der Waals surface area contributed by atoms with E-state index in [9.17, 15) is 4.39 Å². The minimum absolute atomic E-state index is 0. The van der Waals surface area contributed by atoms with Crippen LogP contribution in [0.4, 0.5) is 10.1 Å². The van der Waals surface area contributed by atoms with Gasteiger partial charge < -0.3 is 25.3 Å². The van der Waals surface area contributed by atoms with Gasteiger partial charge in [0.1, 0.15) is 6.10 Å². The predicted octanol–water partition coefficient (Wildman–Crippen LogP) is 3.80. The van der Waals surface area contributed by atoms with Crippen LogP contribution in [0.5, 0.6) is 17.2 Å². The molecular formula is C19H23FIN3O3. The summed E-state index contributed by atoms with van der Waals surface area (Å²) >= 11 is 0. The molecule has 3 rings (SSSR count). The highest BCUT2D eigenvalue weighted by atomic mass is 127. The van der Waals surface area contributed by atoms with Gasteiger partial charge in [-0.05, 0) is 31.2 Å². The van der Waals surface area contributed by atoms with Gasteiger partial charge in [-0.1, -0.05) is 12.1 Å². The summed E-state index contributed by atoms with van der Waals surface area (Å²) in [5, 5.41) is 3.01. The van der Waals surface area contributed by atoms with Crippen molar-refractivity contribution in [2.75, 3.05) is 25.1 Å². The average molecular weight is 487 g/mol. The Kier molecular flexibility index (Phi) is 7.96. The molecule has 0 aromatic heterocycles. The van der Waals surface area contributed by atoms with Crippen molar-refractivity contribution in [2.24, 2.45) is 10.7 Å². The second-order valence-corrected chi connectivity index (χ2v) is 5.92. The van der Waals surface area contributed by atoms with Crippen LogP contribution >= 0.6 is 24.0 Å². The number of fused-ring (bicyclic) bond motifs is 1. The molecule has 2 aromatic rings. The molecule has 0 spiro atoms. The third kappa shape index (κ3) is 6.16. The number of para-hydroxylation sites is 1. The summed E-state index contributed by atoms with van der Waals surface area (Å²) in [4.78, 5) is 4.24. The van der Waals surface area contributed by atoms with Crippen molar-refractivity contribution in [1.29, 1.82) is 0 Å². The SMILES string of the molecule is CC(CN=C(N)Nc1ccc2c(c1)OCCCO2)Oc1ccccc1F.I. The Bertz CT molecular complexity index is 789. The number of nitrogens with two attached hydrogens (primary N) is 1. The lowest BCUT2D eigenvalue weighted by Crippen LogP contribution is -2.25. The number of hydrogen-bond donors (Lipinski definition) is 2. The number of nitrogens with one attached hydrogen (secondary N) is 1. The number of hydrogen-bond acceptors (Lipinski definition) is 4. The van der Waals surface area contributed by atoms with Crippen molar-refractivity contribution in [2.45, 2.75) is 19.4 Å². The molecule has 1 unspecified atom stereocenters. The molecule has 0 saturated carbocycles. The van der Waals surface area contributed by atoms with E-state index in [0.717, 1.165) is 17.9 Å². The van der Waals surface area contributed by atoms with Crippen LogP contribution < -0.4 is 25.3 Å². The Morgan fingerprint density at radius 2 is 1.96 bits per heavy atom. The molecule has 1 atom stereocenters. The highest BCUT2D eigenvalue weighted by Gasteiger charge is 2.11. The average Bonchev–Trinajstić information content (AvgIpc) is 2.87. The van der Waals surface area contributed by atoms with Crippen LogP contribution in [-0.4, -0.2) is 31.8 Å². The lowest BCUT2D eigenvalue weighted by Gasteiger charge is -2.14. The third-order valence-electron chi connectivity index (χ3n) is 3.70. The molecule has 1 aliphatic rings. The Hall–Kier alpha value is -2.23. The van der Waals surface area contributed by atoms with Gasteiger partial charge in [0.05, 0.1) is 19.8 Å². The van der Waals surface area contributed by atoms with E-state index in [2.05, 4.69) is 10.3 Å². The number of ether oxygens (including phenoxy) is 3. The first-order valence-electron chi connectivity index (χ1n) is 8.49. The summed E-state index contributed by atoms with van der Waals surface area (Å²) < 4.78 is 30.4. The van der Waals surface area contributed by atoms with Gasteiger partial charge in [0, 0.05) is 18.2 Å². The molecular weight excluding hydrogens is 464 g/mol. The van der Waals surface area contributed by atoms with Gasteiger partial charge in [-0.25, -0.2) is 9.38 Å². The summed E-state index contributed by atoms with van der Waals surface area (Å²) in [6.07, 6.45) is 0.525. The second-order valence-electron chi connectivity index (χ2n) is 5.92. The predicted molar refractivity (Wildman–Crippen MR) is 114 cm³/mol. The molecule has 1 heterocycles. The van der Waals surface area contributed by atoms with Gasteiger partial charge in [0.15, 0.2) is 29.0 Å². The first kappa shape index (κ1) is 21.1. The first-order valence-corrected chi connectivity index (χ1v) is 8.49. The summed E-state index contributed by atoms with van der Waals surface area (Å²) in [5.74, 6) is 1.43. The van der Waals surface area contributed by atoms with E-state index in [4.69, 9.17) is 19.9 Å². The Balaban J connectivity index is 0.00000261. The molecule has 0 aliphatic carbocycles. The summed E-state index contributed by atoms with van der Waals surface area (Å²) in [7, 11) is 0. The molecule has 3 N–H and O–H groups in total. The van der Waals surface area contributed by atoms with Crippen molar-refractivity contribution in [3.8, 4) is 17.2 Å². The minimum atomic E-state index is -0.401. The second kappa shape index (κ2) is 10.2. The molecule has 6 nitrogen and oxygen atoms in total. The molecule has 2 aromatic carbocycles. The Labute approximate surface area is 174 Å². The van der Waals surface area contributed by atoms with Gasteiger partial charge in [-0.3, -0.25) is 0 Å². The van der Waals surface area contributed by atoms with Crippen LogP contribution in [0, 0.1) is 5.82 Å². The van der Waals surface area contributed by atoms with Crippen molar-refractivity contribution in [1.82, 2.24) is 0 Å². The van der Waals surface area contributed by atoms with Crippen LogP contribution in [0.25, 0.3) is 0 Å². The molecule has 8 heteroatoms. The fourth-order valence-corrected chi connectivity index (χ4v) is 2.45. The fourth-order valence-electron chi connectivity index (χ4n) is 2.45. The van der Waals surface area contributed by atoms with E-state index >= 15 is 0 Å². The molecule has 0 saturated heterocycles. The maximum atomic E-state index is 13.6. The van der Waals surface area contributed by atoms with Crippen LogP contribution in [0.15, 0.2) is 47.5 Å². The summed E-state index contributed by atoms with van der Waals surface area (Å²) in [6, 6.07) is 11.8. The highest BCUT2D eigenvalue weighted by Crippen LogP contribution is 2.32. The van der Waals surface area contributed by atoms with Gasteiger partial charge in [-0.15, -0.1) is 24.0 Å².